The number of thioether (sulfide) groups is 1. The number of anilines is 1. The topological polar surface area (TPSA) is 82.4 Å². The Morgan fingerprint density at radius 1 is 1.25 bits per heavy atom. The Bertz CT molecular complexity index is 896. The van der Waals surface area contributed by atoms with Crippen LogP contribution in [0.4, 0.5) is 5.69 Å². The molecule has 2 atom stereocenters. The van der Waals surface area contributed by atoms with E-state index >= 15 is 0 Å². The number of nitrogens with zero attached hydrogens (tertiary/aromatic N) is 2. The lowest BCUT2D eigenvalue weighted by Crippen LogP contribution is -2.48. The van der Waals surface area contributed by atoms with Crippen LogP contribution < -0.4 is 10.1 Å². The Labute approximate surface area is 172 Å². The van der Waals surface area contributed by atoms with Crippen molar-refractivity contribution in [3.05, 3.63) is 59.1 Å². The summed E-state index contributed by atoms with van der Waals surface area (Å²) in [4.78, 5) is 27.0. The van der Waals surface area contributed by atoms with Gasteiger partial charge in [-0.25, -0.2) is 0 Å². The van der Waals surface area contributed by atoms with Gasteiger partial charge < -0.3 is 15.0 Å². The number of benzene rings is 2. The summed E-state index contributed by atoms with van der Waals surface area (Å²) in [7, 11) is 0. The highest BCUT2D eigenvalue weighted by atomic mass is 35.5. The van der Waals surface area contributed by atoms with E-state index in [0.29, 0.717) is 33.7 Å². The van der Waals surface area contributed by atoms with Crippen LogP contribution in [0.15, 0.2) is 48.5 Å². The van der Waals surface area contributed by atoms with E-state index in [1.807, 2.05) is 6.07 Å². The maximum atomic E-state index is 12.8. The van der Waals surface area contributed by atoms with Crippen molar-refractivity contribution < 1.29 is 14.3 Å². The molecule has 2 unspecified atom stereocenters. The summed E-state index contributed by atoms with van der Waals surface area (Å²) in [5, 5.41) is 12.2. The molecule has 1 aliphatic heterocycles. The van der Waals surface area contributed by atoms with Crippen LogP contribution >= 0.6 is 23.4 Å². The number of halogens is 1. The highest BCUT2D eigenvalue weighted by molar-refractivity contribution is 7.99. The third-order valence-electron chi connectivity index (χ3n) is 4.22. The number of carbonyl (C=O) groups excluding carboxylic acids is 2. The molecule has 0 radical (unpaired) electrons. The molecule has 6 nitrogen and oxygen atoms in total. The van der Waals surface area contributed by atoms with Crippen molar-refractivity contribution in [2.24, 2.45) is 0 Å². The number of rotatable bonds is 5. The number of hydrogen-bond donors (Lipinski definition) is 1. The number of nitrogens with one attached hydrogen (secondary N) is 1. The molecule has 1 N–H and O–H groups in total. The van der Waals surface area contributed by atoms with E-state index in [0.717, 1.165) is 0 Å². The number of carbonyl (C=O) groups is 2. The molecular weight excluding hydrogens is 398 g/mol. The van der Waals surface area contributed by atoms with Crippen molar-refractivity contribution >= 4 is 40.9 Å². The van der Waals surface area contributed by atoms with Crippen LogP contribution in [0.2, 0.25) is 5.02 Å². The van der Waals surface area contributed by atoms with E-state index < -0.39 is 12.1 Å². The maximum absolute atomic E-state index is 12.8. The molecule has 2 amide bonds. The van der Waals surface area contributed by atoms with Crippen LogP contribution in [0.5, 0.6) is 5.75 Å². The molecule has 28 heavy (non-hydrogen) atoms. The summed E-state index contributed by atoms with van der Waals surface area (Å²) >= 11 is 7.38. The van der Waals surface area contributed by atoms with E-state index in [1.165, 1.54) is 16.7 Å². The first-order valence-corrected chi connectivity index (χ1v) is 10.1. The smallest absolute Gasteiger partial charge is 0.264 e. The molecule has 3 rings (SSSR count). The molecule has 1 fully saturated rings. The molecule has 0 saturated carbocycles. The molecule has 2 aromatic rings. The molecule has 1 heterocycles. The lowest BCUT2D eigenvalue weighted by Gasteiger charge is -2.26. The Balaban J connectivity index is 1.63. The highest BCUT2D eigenvalue weighted by Gasteiger charge is 2.37. The van der Waals surface area contributed by atoms with Gasteiger partial charge in [0.05, 0.1) is 17.5 Å². The van der Waals surface area contributed by atoms with Crippen LogP contribution in [0.3, 0.4) is 0 Å². The second kappa shape index (κ2) is 9.00. The second-order valence-electron chi connectivity index (χ2n) is 6.22. The van der Waals surface area contributed by atoms with Gasteiger partial charge >= 0.3 is 0 Å². The zero-order valence-corrected chi connectivity index (χ0v) is 16.7. The van der Waals surface area contributed by atoms with Gasteiger partial charge in [0.15, 0.2) is 6.10 Å². The van der Waals surface area contributed by atoms with Gasteiger partial charge in [-0.1, -0.05) is 11.6 Å². The Hall–Kier alpha value is -2.69. The zero-order chi connectivity index (χ0) is 20.1. The average Bonchev–Trinajstić information content (AvgIpc) is 3.19. The Morgan fingerprint density at radius 2 is 1.93 bits per heavy atom. The molecular formula is C20H18ClN3O3S. The molecule has 0 aliphatic carbocycles. The average molecular weight is 416 g/mol. The van der Waals surface area contributed by atoms with E-state index in [1.54, 1.807) is 55.5 Å². The van der Waals surface area contributed by atoms with Crippen LogP contribution in [0, 0.1) is 11.3 Å². The number of hydrogen-bond acceptors (Lipinski definition) is 5. The first-order chi connectivity index (χ1) is 13.5. The van der Waals surface area contributed by atoms with Crippen LogP contribution in [-0.4, -0.2) is 40.5 Å². The van der Waals surface area contributed by atoms with Crippen LogP contribution in [0.1, 0.15) is 12.5 Å². The number of amides is 2. The van der Waals surface area contributed by atoms with Crippen molar-refractivity contribution in [3.8, 4) is 11.8 Å². The largest absolute Gasteiger partial charge is 0.481 e. The third kappa shape index (κ3) is 4.77. The lowest BCUT2D eigenvalue weighted by atomic mass is 10.2. The Morgan fingerprint density at radius 3 is 2.57 bits per heavy atom. The summed E-state index contributed by atoms with van der Waals surface area (Å²) in [5.41, 5.74) is 1.10. The molecule has 0 spiro atoms. The lowest BCUT2D eigenvalue weighted by molar-refractivity contribution is -0.141. The summed E-state index contributed by atoms with van der Waals surface area (Å²) in [5.74, 6) is 0.970. The normalized spacial score (nSPS) is 16.9. The van der Waals surface area contributed by atoms with Crippen molar-refractivity contribution in [2.75, 3.05) is 16.9 Å². The quantitative estimate of drug-likeness (QED) is 0.807. The van der Waals surface area contributed by atoms with Crippen LogP contribution in [0.25, 0.3) is 0 Å². The zero-order valence-electron chi connectivity index (χ0n) is 15.1. The fourth-order valence-electron chi connectivity index (χ4n) is 2.73. The predicted molar refractivity (Wildman–Crippen MR) is 109 cm³/mol. The van der Waals surface area contributed by atoms with Gasteiger partial charge in [-0.2, -0.15) is 5.26 Å². The van der Waals surface area contributed by atoms with Gasteiger partial charge in [-0.15, -0.1) is 11.8 Å². The van der Waals surface area contributed by atoms with Crippen molar-refractivity contribution in [1.29, 1.82) is 5.26 Å². The molecule has 2 aromatic carbocycles. The van der Waals surface area contributed by atoms with Gasteiger partial charge in [0.25, 0.3) is 5.91 Å². The van der Waals surface area contributed by atoms with Crippen molar-refractivity contribution in [2.45, 2.75) is 19.1 Å². The van der Waals surface area contributed by atoms with Gasteiger partial charge in [0, 0.05) is 16.5 Å². The Kier molecular flexibility index (Phi) is 6.45. The first kappa shape index (κ1) is 20.1. The molecule has 1 saturated heterocycles. The fourth-order valence-corrected chi connectivity index (χ4v) is 4.02. The maximum Gasteiger partial charge on any atom is 0.264 e. The van der Waals surface area contributed by atoms with E-state index in [9.17, 15) is 9.59 Å². The van der Waals surface area contributed by atoms with Gasteiger partial charge in [-0.05, 0) is 55.5 Å². The number of nitriles is 1. The number of ether oxygens (including phenoxy) is 1. The monoisotopic (exact) mass is 415 g/mol. The second-order valence-corrected chi connectivity index (χ2v) is 7.65. The summed E-state index contributed by atoms with van der Waals surface area (Å²) in [6.07, 6.45) is -0.731. The van der Waals surface area contributed by atoms with E-state index in [4.69, 9.17) is 21.6 Å². The summed E-state index contributed by atoms with van der Waals surface area (Å²) < 4.78 is 5.69. The molecule has 0 bridgehead atoms. The minimum Gasteiger partial charge on any atom is -0.481 e. The highest BCUT2D eigenvalue weighted by Crippen LogP contribution is 2.25. The summed E-state index contributed by atoms with van der Waals surface area (Å²) in [6.45, 7) is 1.66. The van der Waals surface area contributed by atoms with E-state index in [2.05, 4.69) is 5.32 Å². The molecule has 1 aliphatic rings. The van der Waals surface area contributed by atoms with Gasteiger partial charge in [-0.3, -0.25) is 9.59 Å². The van der Waals surface area contributed by atoms with Crippen molar-refractivity contribution in [1.82, 2.24) is 4.90 Å². The van der Waals surface area contributed by atoms with Gasteiger partial charge in [0.2, 0.25) is 5.91 Å². The van der Waals surface area contributed by atoms with Crippen molar-refractivity contribution in [3.63, 3.8) is 0 Å². The molecule has 8 heteroatoms. The van der Waals surface area contributed by atoms with Crippen LogP contribution in [-0.2, 0) is 9.59 Å². The SMILES string of the molecule is CC(Oc1ccc(Cl)cc1)C(=O)N1CSCC1C(=O)Nc1ccc(C#N)cc1. The van der Waals surface area contributed by atoms with E-state index in [-0.39, 0.29) is 11.8 Å². The third-order valence-corrected chi connectivity index (χ3v) is 5.49. The minimum atomic E-state index is -0.731. The fraction of sp³-hybridized carbons (Fsp3) is 0.250. The molecule has 0 aromatic heterocycles. The first-order valence-electron chi connectivity index (χ1n) is 8.59. The minimum absolute atomic E-state index is 0.250. The summed E-state index contributed by atoms with van der Waals surface area (Å²) in [6, 6.07) is 14.8. The van der Waals surface area contributed by atoms with Gasteiger partial charge in [0.1, 0.15) is 11.8 Å². The predicted octanol–water partition coefficient (Wildman–Crippen LogP) is 3.52. The molecule has 144 valence electrons. The standard InChI is InChI=1S/C20H18ClN3O3S/c1-13(27-17-8-4-15(21)5-9-17)20(26)24-12-28-11-18(24)19(25)23-16-6-2-14(10-22)3-7-16/h2-9,13,18H,11-12H2,1H3,(H,23,25).